The van der Waals surface area contributed by atoms with E-state index < -0.39 is 29.4 Å². The van der Waals surface area contributed by atoms with Crippen LogP contribution in [0.5, 0.6) is 0 Å². The average Bonchev–Trinajstić information content (AvgIpc) is 3.58. The van der Waals surface area contributed by atoms with Gasteiger partial charge >= 0.3 is 23.0 Å². The zero-order chi connectivity index (χ0) is 22.0. The molecule has 166 valence electrons. The minimum Gasteiger partial charge on any atom is -0.468 e. The van der Waals surface area contributed by atoms with Crippen LogP contribution >= 0.6 is 0 Å². The number of carbonyl (C=O) groups is 3. The third-order valence-corrected chi connectivity index (χ3v) is 6.01. The molecule has 2 amide bonds. The van der Waals surface area contributed by atoms with Crippen molar-refractivity contribution in [2.45, 2.75) is 18.5 Å². The first-order valence-corrected chi connectivity index (χ1v) is 10.2. The van der Waals surface area contributed by atoms with Crippen molar-refractivity contribution in [3.05, 3.63) is 90.5 Å². The van der Waals surface area contributed by atoms with Crippen molar-refractivity contribution < 1.29 is 36.2 Å². The molecule has 5 rings (SSSR count). The van der Waals surface area contributed by atoms with Gasteiger partial charge in [-0.1, -0.05) is 18.2 Å². The number of fused-ring (bicyclic) bond motifs is 1. The van der Waals surface area contributed by atoms with Crippen LogP contribution in [-0.2, 0) is 36.2 Å². The van der Waals surface area contributed by atoms with Crippen LogP contribution in [-0.4, -0.2) is 30.4 Å². The van der Waals surface area contributed by atoms with Crippen molar-refractivity contribution >= 4 is 23.5 Å². The number of carbonyl (C=O) groups excluding carboxylic acids is 3. The summed E-state index contributed by atoms with van der Waals surface area (Å²) in [5.74, 6) is -2.69. The van der Waals surface area contributed by atoms with Crippen molar-refractivity contribution in [1.82, 2.24) is 5.32 Å². The van der Waals surface area contributed by atoms with Crippen LogP contribution in [0.4, 0.5) is 5.69 Å². The van der Waals surface area contributed by atoms with Gasteiger partial charge in [-0.05, 0) is 19.1 Å². The Kier molecular flexibility index (Phi) is 7.14. The molecule has 4 unspecified atom stereocenters. The zero-order valence-corrected chi connectivity index (χ0v) is 18.9. The molecule has 3 aromatic carbocycles. The molecular weight excluding hydrogens is 448 g/mol. The molecule has 2 saturated heterocycles. The standard InChI is InChI=1S/C20H19N2O4.C5H5.Fe/c1-20(19(25)26-2)15-14(16(21-20)12-8-6-7-9-12)17(23)22(18(15)24)13-10-4-3-5-11-13;1-2-4-5-3-1;/h3-11,14-16,21H,1-2H3;1-5H;/q2*-1;+2. The van der Waals surface area contributed by atoms with Gasteiger partial charge in [0.1, 0.15) is 5.54 Å². The molecule has 2 aliphatic rings. The van der Waals surface area contributed by atoms with Crippen LogP contribution in [0, 0.1) is 11.8 Å². The van der Waals surface area contributed by atoms with Crippen molar-refractivity contribution in [3.8, 4) is 0 Å². The van der Waals surface area contributed by atoms with E-state index in [4.69, 9.17) is 4.74 Å². The van der Waals surface area contributed by atoms with Gasteiger partial charge in [-0.2, -0.15) is 30.3 Å². The first-order chi connectivity index (χ1) is 15.0. The zero-order valence-electron chi connectivity index (χ0n) is 17.7. The number of hydrogen-bond donors (Lipinski definition) is 1. The predicted octanol–water partition coefficient (Wildman–Crippen LogP) is 3.19. The monoisotopic (exact) mass is 472 g/mol. The molecule has 0 aromatic heterocycles. The second kappa shape index (κ2) is 9.65. The number of ether oxygens (including phenoxy) is 1. The molecule has 1 N–H and O–H groups in total. The van der Waals surface area contributed by atoms with Crippen LogP contribution in [0.25, 0.3) is 0 Å². The predicted molar refractivity (Wildman–Crippen MR) is 116 cm³/mol. The number of hydrogen-bond acceptors (Lipinski definition) is 5. The van der Waals surface area contributed by atoms with Gasteiger partial charge in [-0.25, -0.2) is 29.2 Å². The molecule has 6 nitrogen and oxygen atoms in total. The Morgan fingerprint density at radius 2 is 1.66 bits per heavy atom. The van der Waals surface area contributed by atoms with Gasteiger partial charge in [-0.3, -0.25) is 14.4 Å². The molecule has 2 heterocycles. The second-order valence-corrected chi connectivity index (χ2v) is 7.85. The van der Waals surface area contributed by atoms with E-state index in [2.05, 4.69) is 5.32 Å². The van der Waals surface area contributed by atoms with Crippen LogP contribution < -0.4 is 10.2 Å². The van der Waals surface area contributed by atoms with E-state index >= 15 is 0 Å². The summed E-state index contributed by atoms with van der Waals surface area (Å²) >= 11 is 0. The van der Waals surface area contributed by atoms with Crippen LogP contribution in [0.1, 0.15) is 18.5 Å². The number of amides is 2. The molecule has 0 bridgehead atoms. The normalized spacial score (nSPS) is 26.1. The maximum atomic E-state index is 13.2. The van der Waals surface area contributed by atoms with Gasteiger partial charge in [-0.15, -0.1) is 5.56 Å². The number of methoxy groups -OCH3 is 1. The second-order valence-electron chi connectivity index (χ2n) is 7.85. The maximum Gasteiger partial charge on any atom is 2.00 e. The number of esters is 1. The molecule has 0 radical (unpaired) electrons. The SMILES string of the molecule is COC(=O)C1(C)NC([c-]2cccc2)C2C(=O)N(c3ccccc3)C(=O)C21.[Fe+2].c1cc[cH-]c1. The molecule has 0 spiro atoms. The maximum absolute atomic E-state index is 13.2. The number of benzene rings is 1. The van der Waals surface area contributed by atoms with E-state index in [1.54, 1.807) is 31.2 Å². The Morgan fingerprint density at radius 1 is 1.03 bits per heavy atom. The smallest absolute Gasteiger partial charge is 0.468 e. The van der Waals surface area contributed by atoms with Crippen LogP contribution in [0.15, 0.2) is 84.9 Å². The number of nitrogens with zero attached hydrogens (tertiary/aromatic N) is 1. The van der Waals surface area contributed by atoms with Gasteiger partial charge in [0.05, 0.1) is 24.6 Å². The third-order valence-electron chi connectivity index (χ3n) is 6.01. The Morgan fingerprint density at radius 3 is 2.19 bits per heavy atom. The summed E-state index contributed by atoms with van der Waals surface area (Å²) in [6.07, 6.45) is 0. The van der Waals surface area contributed by atoms with E-state index in [0.717, 1.165) is 5.56 Å². The average molecular weight is 472 g/mol. The molecule has 3 aromatic rings. The topological polar surface area (TPSA) is 75.7 Å². The number of anilines is 1. The van der Waals surface area contributed by atoms with E-state index in [0.29, 0.717) is 5.69 Å². The Hall–Kier alpha value is -2.99. The molecule has 0 saturated carbocycles. The van der Waals surface area contributed by atoms with Gasteiger partial charge in [0.15, 0.2) is 0 Å². The molecule has 2 fully saturated rings. The minimum atomic E-state index is -1.27. The fourth-order valence-electron chi connectivity index (χ4n) is 4.57. The minimum absolute atomic E-state index is 0. The van der Waals surface area contributed by atoms with E-state index in [-0.39, 0.29) is 28.9 Å². The van der Waals surface area contributed by atoms with Gasteiger partial charge in [0.2, 0.25) is 11.8 Å². The summed E-state index contributed by atoms with van der Waals surface area (Å²) in [6.45, 7) is 1.64. The number of rotatable bonds is 3. The van der Waals surface area contributed by atoms with Crippen LogP contribution in [0.3, 0.4) is 0 Å². The summed E-state index contributed by atoms with van der Waals surface area (Å²) in [7, 11) is 1.29. The first kappa shape index (κ1) is 23.7. The Balaban J connectivity index is 0.000000427. The van der Waals surface area contributed by atoms with E-state index in [1.165, 1.54) is 12.0 Å². The van der Waals surface area contributed by atoms with Crippen molar-refractivity contribution in [1.29, 1.82) is 0 Å². The molecule has 0 aliphatic carbocycles. The molecular formula is C25H24FeN2O4. The van der Waals surface area contributed by atoms with Gasteiger partial charge in [0, 0.05) is 6.04 Å². The largest absolute Gasteiger partial charge is 2.00 e. The molecule has 2 aliphatic heterocycles. The summed E-state index contributed by atoms with van der Waals surface area (Å²) in [5, 5.41) is 3.21. The quantitative estimate of drug-likeness (QED) is 0.274. The number of imide groups is 1. The Bertz CT molecular complexity index is 1030. The van der Waals surface area contributed by atoms with Crippen molar-refractivity contribution in [3.63, 3.8) is 0 Å². The fraction of sp³-hybridized carbons (Fsp3) is 0.240. The fourth-order valence-corrected chi connectivity index (χ4v) is 4.57. The van der Waals surface area contributed by atoms with Crippen molar-refractivity contribution in [2.24, 2.45) is 11.8 Å². The van der Waals surface area contributed by atoms with E-state index in [1.807, 2.05) is 60.7 Å². The summed E-state index contributed by atoms with van der Waals surface area (Å²) in [6, 6.07) is 25.9. The molecule has 4 atom stereocenters. The summed E-state index contributed by atoms with van der Waals surface area (Å²) in [4.78, 5) is 40.1. The molecule has 7 heteroatoms. The van der Waals surface area contributed by atoms with Gasteiger partial charge in [0.25, 0.3) is 0 Å². The summed E-state index contributed by atoms with van der Waals surface area (Å²) in [5.41, 5.74) is 0.131. The Labute approximate surface area is 197 Å². The first-order valence-electron chi connectivity index (χ1n) is 10.2. The van der Waals surface area contributed by atoms with E-state index in [9.17, 15) is 14.4 Å². The number of para-hydroxylation sites is 1. The van der Waals surface area contributed by atoms with Crippen molar-refractivity contribution in [2.75, 3.05) is 12.0 Å². The van der Waals surface area contributed by atoms with Crippen LogP contribution in [0.2, 0.25) is 0 Å². The molecule has 32 heavy (non-hydrogen) atoms. The number of nitrogens with one attached hydrogen (secondary N) is 1. The summed E-state index contributed by atoms with van der Waals surface area (Å²) < 4.78 is 4.95. The third kappa shape index (κ3) is 3.95. The van der Waals surface area contributed by atoms with Gasteiger partial charge < -0.3 is 10.1 Å².